The van der Waals surface area contributed by atoms with Crippen molar-refractivity contribution in [2.45, 2.75) is 31.7 Å². The van der Waals surface area contributed by atoms with Gasteiger partial charge in [0.1, 0.15) is 12.4 Å². The van der Waals surface area contributed by atoms with Gasteiger partial charge in [0.2, 0.25) is 10.0 Å². The molecular weight excluding hydrogens is 278 g/mol. The fraction of sp³-hybridized carbons (Fsp3) is 0.571. The van der Waals surface area contributed by atoms with Gasteiger partial charge >= 0.3 is 0 Å². The van der Waals surface area contributed by atoms with Crippen molar-refractivity contribution in [3.05, 3.63) is 24.3 Å². The normalized spacial score (nSPS) is 13.8. The second-order valence-corrected chi connectivity index (χ2v) is 7.05. The van der Waals surface area contributed by atoms with Crippen molar-refractivity contribution < 1.29 is 18.3 Å². The molecule has 0 spiro atoms. The van der Waals surface area contributed by atoms with Crippen LogP contribution in [0.5, 0.6) is 5.75 Å². The Bertz CT molecular complexity index is 510. The number of hydrogen-bond acceptors (Lipinski definition) is 4. The number of ether oxygens (including phenoxy) is 1. The summed E-state index contributed by atoms with van der Waals surface area (Å²) in [5.41, 5.74) is 0. The van der Waals surface area contributed by atoms with Crippen LogP contribution in [0.25, 0.3) is 0 Å². The zero-order valence-corrected chi connectivity index (χ0v) is 13.2. The summed E-state index contributed by atoms with van der Waals surface area (Å²) in [7, 11) is -1.90. The Morgan fingerprint density at radius 2 is 1.75 bits per heavy atom. The Balaban J connectivity index is 2.93. The molecular formula is C14H23NO4S. The predicted molar refractivity (Wildman–Crippen MR) is 78.3 cm³/mol. The smallest absolute Gasteiger partial charge is 0.243 e. The molecule has 0 aliphatic rings. The van der Waals surface area contributed by atoms with Gasteiger partial charge in [-0.2, -0.15) is 4.31 Å². The van der Waals surface area contributed by atoms with Crippen LogP contribution in [0.3, 0.4) is 0 Å². The molecule has 1 rings (SSSR count). The van der Waals surface area contributed by atoms with E-state index in [9.17, 15) is 8.42 Å². The minimum atomic E-state index is -3.49. The lowest BCUT2D eigenvalue weighted by Crippen LogP contribution is -2.38. The van der Waals surface area contributed by atoms with Crippen molar-refractivity contribution in [3.63, 3.8) is 0 Å². The SMILES string of the molecule is CC(C)C(C)N(C)S(=O)(=O)c1ccc(OCCO)cc1. The molecule has 0 heterocycles. The van der Waals surface area contributed by atoms with E-state index in [0.717, 1.165) is 0 Å². The van der Waals surface area contributed by atoms with E-state index in [1.165, 1.54) is 16.4 Å². The zero-order valence-electron chi connectivity index (χ0n) is 12.4. The fourth-order valence-electron chi connectivity index (χ4n) is 1.68. The molecule has 114 valence electrons. The average Bonchev–Trinajstić information content (AvgIpc) is 2.43. The first-order valence-corrected chi connectivity index (χ1v) is 8.06. The molecule has 0 bridgehead atoms. The highest BCUT2D eigenvalue weighted by Crippen LogP contribution is 2.22. The molecule has 1 aromatic carbocycles. The highest BCUT2D eigenvalue weighted by Gasteiger charge is 2.26. The van der Waals surface area contributed by atoms with E-state index in [2.05, 4.69) is 0 Å². The molecule has 20 heavy (non-hydrogen) atoms. The molecule has 0 aliphatic carbocycles. The van der Waals surface area contributed by atoms with E-state index in [4.69, 9.17) is 9.84 Å². The van der Waals surface area contributed by atoms with Crippen LogP contribution < -0.4 is 4.74 Å². The van der Waals surface area contributed by atoms with Crippen molar-refractivity contribution in [1.29, 1.82) is 0 Å². The van der Waals surface area contributed by atoms with E-state index < -0.39 is 10.0 Å². The summed E-state index contributed by atoms with van der Waals surface area (Å²) < 4.78 is 31.5. The minimum absolute atomic E-state index is 0.0747. The predicted octanol–water partition coefficient (Wildman–Crippen LogP) is 1.72. The monoisotopic (exact) mass is 301 g/mol. The molecule has 5 nitrogen and oxygen atoms in total. The number of benzene rings is 1. The Labute approximate surface area is 121 Å². The molecule has 0 aliphatic heterocycles. The lowest BCUT2D eigenvalue weighted by Gasteiger charge is -2.27. The minimum Gasteiger partial charge on any atom is -0.491 e. The van der Waals surface area contributed by atoms with Crippen LogP contribution in [-0.2, 0) is 10.0 Å². The third-order valence-electron chi connectivity index (χ3n) is 3.40. The van der Waals surface area contributed by atoms with E-state index in [-0.39, 0.29) is 30.1 Å². The Kier molecular flexibility index (Phi) is 5.98. The first kappa shape index (κ1) is 16.9. The van der Waals surface area contributed by atoms with Gasteiger partial charge in [-0.15, -0.1) is 0 Å². The Morgan fingerprint density at radius 3 is 2.20 bits per heavy atom. The van der Waals surface area contributed by atoms with E-state index in [1.54, 1.807) is 19.2 Å². The van der Waals surface area contributed by atoms with Gasteiger partial charge < -0.3 is 9.84 Å². The number of aliphatic hydroxyl groups excluding tert-OH is 1. The molecule has 0 radical (unpaired) electrons. The summed E-state index contributed by atoms with van der Waals surface area (Å²) in [6.45, 7) is 5.98. The first-order valence-electron chi connectivity index (χ1n) is 6.62. The third kappa shape index (κ3) is 3.94. The number of nitrogens with zero attached hydrogens (tertiary/aromatic N) is 1. The van der Waals surface area contributed by atoms with Crippen LogP contribution in [0.4, 0.5) is 0 Å². The molecule has 1 aromatic rings. The maximum atomic E-state index is 12.4. The van der Waals surface area contributed by atoms with Crippen molar-refractivity contribution in [1.82, 2.24) is 4.31 Å². The Morgan fingerprint density at radius 1 is 1.20 bits per heavy atom. The summed E-state index contributed by atoms with van der Waals surface area (Å²) in [6, 6.07) is 6.15. The maximum absolute atomic E-state index is 12.4. The first-order chi connectivity index (χ1) is 9.30. The van der Waals surface area contributed by atoms with Crippen LogP contribution in [0.15, 0.2) is 29.2 Å². The number of rotatable bonds is 7. The van der Waals surface area contributed by atoms with E-state index >= 15 is 0 Å². The summed E-state index contributed by atoms with van der Waals surface area (Å²) in [6.07, 6.45) is 0. The average molecular weight is 301 g/mol. The molecule has 0 amide bonds. The second-order valence-electron chi connectivity index (χ2n) is 5.05. The molecule has 0 saturated heterocycles. The summed E-state index contributed by atoms with van der Waals surface area (Å²) in [4.78, 5) is 0.240. The molecule has 1 atom stereocenters. The highest BCUT2D eigenvalue weighted by atomic mass is 32.2. The number of hydrogen-bond donors (Lipinski definition) is 1. The van der Waals surface area contributed by atoms with Gasteiger partial charge in [0.25, 0.3) is 0 Å². The lowest BCUT2D eigenvalue weighted by molar-refractivity contribution is 0.201. The Hall–Kier alpha value is -1.11. The maximum Gasteiger partial charge on any atom is 0.243 e. The van der Waals surface area contributed by atoms with Crippen LogP contribution in [0, 0.1) is 5.92 Å². The number of sulfonamides is 1. The summed E-state index contributed by atoms with van der Waals surface area (Å²) in [5, 5.41) is 8.67. The van der Waals surface area contributed by atoms with Crippen molar-refractivity contribution >= 4 is 10.0 Å². The van der Waals surface area contributed by atoms with Gasteiger partial charge in [0.05, 0.1) is 11.5 Å². The highest BCUT2D eigenvalue weighted by molar-refractivity contribution is 7.89. The van der Waals surface area contributed by atoms with Crippen LogP contribution in [0.2, 0.25) is 0 Å². The van der Waals surface area contributed by atoms with Crippen LogP contribution in [-0.4, -0.2) is 44.1 Å². The van der Waals surface area contributed by atoms with Crippen LogP contribution >= 0.6 is 0 Å². The van der Waals surface area contributed by atoms with Gasteiger partial charge in [-0.3, -0.25) is 0 Å². The lowest BCUT2D eigenvalue weighted by atomic mass is 10.1. The van der Waals surface area contributed by atoms with Gasteiger partial charge in [0, 0.05) is 13.1 Å². The van der Waals surface area contributed by atoms with Crippen molar-refractivity contribution in [3.8, 4) is 5.75 Å². The van der Waals surface area contributed by atoms with Gasteiger partial charge in [0.15, 0.2) is 0 Å². The van der Waals surface area contributed by atoms with Gasteiger partial charge in [-0.05, 0) is 37.1 Å². The zero-order chi connectivity index (χ0) is 15.3. The van der Waals surface area contributed by atoms with Crippen molar-refractivity contribution in [2.75, 3.05) is 20.3 Å². The van der Waals surface area contributed by atoms with Gasteiger partial charge in [-0.25, -0.2) is 8.42 Å². The second kappa shape index (κ2) is 7.06. The molecule has 1 unspecified atom stereocenters. The molecule has 6 heteroatoms. The summed E-state index contributed by atoms with van der Waals surface area (Å²) >= 11 is 0. The quantitative estimate of drug-likeness (QED) is 0.833. The number of aliphatic hydroxyl groups is 1. The fourth-order valence-corrected chi connectivity index (χ4v) is 3.17. The molecule has 1 N–H and O–H groups in total. The van der Waals surface area contributed by atoms with Crippen LogP contribution in [0.1, 0.15) is 20.8 Å². The van der Waals surface area contributed by atoms with Gasteiger partial charge in [-0.1, -0.05) is 13.8 Å². The van der Waals surface area contributed by atoms with Crippen molar-refractivity contribution in [2.24, 2.45) is 5.92 Å². The molecule has 0 aromatic heterocycles. The standard InChI is InChI=1S/C14H23NO4S/c1-11(2)12(3)15(4)20(17,18)14-7-5-13(6-8-14)19-10-9-16/h5-8,11-12,16H,9-10H2,1-4H3. The third-order valence-corrected chi connectivity index (χ3v) is 5.36. The van der Waals surface area contributed by atoms with E-state index in [1.807, 2.05) is 20.8 Å². The molecule has 0 fully saturated rings. The summed E-state index contributed by atoms with van der Waals surface area (Å²) in [5.74, 6) is 0.777. The largest absolute Gasteiger partial charge is 0.491 e. The van der Waals surface area contributed by atoms with E-state index in [0.29, 0.717) is 5.75 Å². The topological polar surface area (TPSA) is 66.8 Å². The molecule has 0 saturated carbocycles.